The molecule has 0 atom stereocenters. The van der Waals surface area contributed by atoms with Crippen molar-refractivity contribution in [3.05, 3.63) is 12.2 Å². The molecule has 0 saturated carbocycles. The van der Waals surface area contributed by atoms with Crippen molar-refractivity contribution in [2.75, 3.05) is 19.6 Å². The molecule has 1 heterocycles. The van der Waals surface area contributed by atoms with Crippen molar-refractivity contribution in [3.63, 3.8) is 0 Å². The zero-order chi connectivity index (χ0) is 10.4. The van der Waals surface area contributed by atoms with E-state index in [-0.39, 0.29) is 13.4 Å². The summed E-state index contributed by atoms with van der Waals surface area (Å²) in [6.45, 7) is 7.19. The van der Waals surface area contributed by atoms with Crippen LogP contribution >= 0.6 is 0 Å². The van der Waals surface area contributed by atoms with Gasteiger partial charge in [-0.05, 0) is 39.8 Å². The summed E-state index contributed by atoms with van der Waals surface area (Å²) in [4.78, 5) is 13.6. The summed E-state index contributed by atoms with van der Waals surface area (Å²) >= 11 is 0. The van der Waals surface area contributed by atoms with Crippen LogP contribution in [0, 0.1) is 0 Å². The van der Waals surface area contributed by atoms with E-state index in [0.29, 0.717) is 0 Å². The van der Waals surface area contributed by atoms with E-state index in [4.69, 9.17) is 0 Å². The van der Waals surface area contributed by atoms with E-state index in [0.717, 1.165) is 6.54 Å². The summed E-state index contributed by atoms with van der Waals surface area (Å²) in [6, 6.07) is 0.221. The first-order chi connectivity index (χ1) is 6.68. The van der Waals surface area contributed by atoms with Crippen LogP contribution in [0.2, 0.25) is 0 Å². The SMILES string of the molecule is CC(C)NC(=O)/C=C/CN1CCCC1.[HH]. The lowest BCUT2D eigenvalue weighted by atomic mass is 10.3. The molecule has 1 N–H and O–H groups in total. The number of carbonyl (C=O) groups excluding carboxylic acids is 1. The number of nitrogens with zero attached hydrogens (tertiary/aromatic N) is 1. The number of rotatable bonds is 4. The Balaban J connectivity index is 0.00000196. The number of nitrogens with one attached hydrogen (secondary N) is 1. The molecule has 3 nitrogen and oxygen atoms in total. The van der Waals surface area contributed by atoms with Crippen LogP contribution < -0.4 is 5.32 Å². The Bertz CT molecular complexity index is 211. The molecule has 0 spiro atoms. The highest BCUT2D eigenvalue weighted by molar-refractivity contribution is 5.87. The first-order valence-corrected chi connectivity index (χ1v) is 5.38. The maximum absolute atomic E-state index is 11.2. The molecule has 0 aliphatic carbocycles. The Morgan fingerprint density at radius 1 is 1.50 bits per heavy atom. The average molecular weight is 198 g/mol. The van der Waals surface area contributed by atoms with Gasteiger partial charge in [0.15, 0.2) is 0 Å². The molecule has 0 radical (unpaired) electrons. The summed E-state index contributed by atoms with van der Waals surface area (Å²) < 4.78 is 0. The standard InChI is InChI=1S/C11H20N2O.H2/c1-10(2)12-11(14)6-5-9-13-7-3-4-8-13;/h5-6,10H,3-4,7-9H2,1-2H3,(H,12,14);1H/b6-5+;. The maximum atomic E-state index is 11.2. The van der Waals surface area contributed by atoms with Crippen LogP contribution in [0.1, 0.15) is 28.1 Å². The molecule has 82 valence electrons. The molecule has 1 fully saturated rings. The molecule has 3 heteroatoms. The van der Waals surface area contributed by atoms with E-state index >= 15 is 0 Å². The van der Waals surface area contributed by atoms with E-state index in [1.165, 1.54) is 25.9 Å². The fourth-order valence-corrected chi connectivity index (χ4v) is 1.61. The van der Waals surface area contributed by atoms with Crippen molar-refractivity contribution in [2.45, 2.75) is 32.7 Å². The van der Waals surface area contributed by atoms with Crippen molar-refractivity contribution < 1.29 is 6.22 Å². The molecule has 0 aromatic rings. The van der Waals surface area contributed by atoms with Crippen LogP contribution in [0.3, 0.4) is 0 Å². The second-order valence-electron chi connectivity index (χ2n) is 4.07. The van der Waals surface area contributed by atoms with Gasteiger partial charge in [0.05, 0.1) is 0 Å². The molecule has 1 saturated heterocycles. The van der Waals surface area contributed by atoms with Crippen molar-refractivity contribution in [1.82, 2.24) is 10.2 Å². The van der Waals surface area contributed by atoms with Gasteiger partial charge in [-0.3, -0.25) is 9.69 Å². The lowest BCUT2D eigenvalue weighted by molar-refractivity contribution is -0.116. The van der Waals surface area contributed by atoms with Gasteiger partial charge in [0.1, 0.15) is 0 Å². The topological polar surface area (TPSA) is 32.3 Å². The largest absolute Gasteiger partial charge is 0.350 e. The molecule has 1 aliphatic heterocycles. The molecule has 1 aliphatic rings. The zero-order valence-electron chi connectivity index (χ0n) is 9.12. The molecule has 0 aromatic carbocycles. The lowest BCUT2D eigenvalue weighted by Crippen LogP contribution is -2.28. The Hall–Kier alpha value is -0.830. The molecular weight excluding hydrogens is 176 g/mol. The van der Waals surface area contributed by atoms with Crippen LogP contribution in [0.15, 0.2) is 12.2 Å². The minimum absolute atomic E-state index is 0. The first-order valence-electron chi connectivity index (χ1n) is 5.38. The van der Waals surface area contributed by atoms with E-state index in [1.54, 1.807) is 6.08 Å². The number of amides is 1. The van der Waals surface area contributed by atoms with Crippen molar-refractivity contribution in [3.8, 4) is 0 Å². The van der Waals surface area contributed by atoms with E-state index in [1.807, 2.05) is 19.9 Å². The second-order valence-corrected chi connectivity index (χ2v) is 4.07. The van der Waals surface area contributed by atoms with Crippen molar-refractivity contribution >= 4 is 5.91 Å². The van der Waals surface area contributed by atoms with Crippen LogP contribution in [-0.4, -0.2) is 36.5 Å². The van der Waals surface area contributed by atoms with Crippen LogP contribution in [-0.2, 0) is 4.79 Å². The summed E-state index contributed by atoms with van der Waals surface area (Å²) in [5.41, 5.74) is 0. The summed E-state index contributed by atoms with van der Waals surface area (Å²) in [7, 11) is 0. The minimum Gasteiger partial charge on any atom is -0.350 e. The summed E-state index contributed by atoms with van der Waals surface area (Å²) in [5.74, 6) is 0.0131. The first kappa shape index (κ1) is 11.2. The number of hydrogen-bond acceptors (Lipinski definition) is 2. The monoisotopic (exact) mass is 198 g/mol. The van der Waals surface area contributed by atoms with Gasteiger partial charge in [0.2, 0.25) is 5.91 Å². The van der Waals surface area contributed by atoms with Crippen molar-refractivity contribution in [1.29, 1.82) is 0 Å². The Labute approximate surface area is 87.6 Å². The number of likely N-dealkylation sites (tertiary alicyclic amines) is 1. The normalized spacial score (nSPS) is 18.2. The van der Waals surface area contributed by atoms with E-state index in [9.17, 15) is 4.79 Å². The van der Waals surface area contributed by atoms with Gasteiger partial charge in [-0.25, -0.2) is 0 Å². The molecule has 0 aromatic heterocycles. The summed E-state index contributed by atoms with van der Waals surface area (Å²) in [5, 5.41) is 2.82. The maximum Gasteiger partial charge on any atom is 0.243 e. The fourth-order valence-electron chi connectivity index (χ4n) is 1.61. The Kier molecular flexibility index (Phi) is 4.66. The van der Waals surface area contributed by atoms with Gasteiger partial charge >= 0.3 is 0 Å². The molecule has 0 unspecified atom stereocenters. The van der Waals surface area contributed by atoms with Gasteiger partial charge in [0, 0.05) is 20.1 Å². The summed E-state index contributed by atoms with van der Waals surface area (Å²) in [6.07, 6.45) is 6.18. The smallest absolute Gasteiger partial charge is 0.243 e. The predicted octanol–water partition coefficient (Wildman–Crippen LogP) is 1.41. The van der Waals surface area contributed by atoms with Crippen LogP contribution in [0.25, 0.3) is 0 Å². The van der Waals surface area contributed by atoms with Crippen molar-refractivity contribution in [2.24, 2.45) is 0 Å². The number of hydrogen-bond donors (Lipinski definition) is 1. The van der Waals surface area contributed by atoms with Gasteiger partial charge < -0.3 is 5.32 Å². The third-order valence-corrected chi connectivity index (χ3v) is 2.26. The predicted molar refractivity (Wildman–Crippen MR) is 60.2 cm³/mol. The highest BCUT2D eigenvalue weighted by Gasteiger charge is 2.08. The van der Waals surface area contributed by atoms with Crippen LogP contribution in [0.4, 0.5) is 0 Å². The minimum atomic E-state index is 0. The van der Waals surface area contributed by atoms with Gasteiger partial charge in [-0.2, -0.15) is 0 Å². The second kappa shape index (κ2) is 5.81. The average Bonchev–Trinajstić information content (AvgIpc) is 2.55. The van der Waals surface area contributed by atoms with Gasteiger partial charge in [-0.15, -0.1) is 0 Å². The highest BCUT2D eigenvalue weighted by Crippen LogP contribution is 2.06. The molecular formula is C11H22N2O. The fraction of sp³-hybridized carbons (Fsp3) is 0.727. The molecule has 14 heavy (non-hydrogen) atoms. The third-order valence-electron chi connectivity index (χ3n) is 2.26. The number of carbonyl (C=O) groups is 1. The van der Waals surface area contributed by atoms with E-state index in [2.05, 4.69) is 10.2 Å². The van der Waals surface area contributed by atoms with Gasteiger partial charge in [-0.1, -0.05) is 6.08 Å². The highest BCUT2D eigenvalue weighted by atomic mass is 16.1. The zero-order valence-corrected chi connectivity index (χ0v) is 9.12. The molecule has 0 bridgehead atoms. The van der Waals surface area contributed by atoms with Crippen LogP contribution in [0.5, 0.6) is 0 Å². The molecule has 1 rings (SSSR count). The Morgan fingerprint density at radius 3 is 2.71 bits per heavy atom. The van der Waals surface area contributed by atoms with Gasteiger partial charge in [0.25, 0.3) is 0 Å². The van der Waals surface area contributed by atoms with E-state index < -0.39 is 0 Å². The Morgan fingerprint density at radius 2 is 2.14 bits per heavy atom. The lowest BCUT2D eigenvalue weighted by Gasteiger charge is -2.10. The quantitative estimate of drug-likeness (QED) is 0.693. The molecule has 1 amide bonds. The third kappa shape index (κ3) is 4.42.